The maximum Gasteiger partial charge on any atom is 0.318 e. The highest BCUT2D eigenvalue weighted by Gasteiger charge is 2.21. The lowest BCUT2D eigenvalue weighted by Crippen LogP contribution is -2.48. The van der Waals surface area contributed by atoms with E-state index in [4.69, 9.17) is 9.40 Å². The highest BCUT2D eigenvalue weighted by molar-refractivity contribution is 7.15. The third-order valence-electron chi connectivity index (χ3n) is 4.69. The topological polar surface area (TPSA) is 62.8 Å². The number of carbonyl (C=O) groups is 1. The van der Waals surface area contributed by atoms with Crippen LogP contribution in [-0.2, 0) is 13.0 Å². The highest BCUT2D eigenvalue weighted by Crippen LogP contribution is 2.24. The van der Waals surface area contributed by atoms with Crippen molar-refractivity contribution in [1.82, 2.24) is 19.6 Å². The molecule has 0 fully saturated rings. The van der Waals surface area contributed by atoms with Gasteiger partial charge in [-0.15, -0.1) is 11.3 Å². The van der Waals surface area contributed by atoms with Gasteiger partial charge in [0.25, 0.3) is 0 Å². The smallest absolute Gasteiger partial charge is 0.318 e. The van der Waals surface area contributed by atoms with Crippen molar-refractivity contribution in [2.45, 2.75) is 39.3 Å². The molecule has 0 saturated carbocycles. The number of carbonyl (C=O) groups excluding carboxylic acids is 1. The van der Waals surface area contributed by atoms with Crippen LogP contribution in [0.25, 0.3) is 16.2 Å². The van der Waals surface area contributed by atoms with Gasteiger partial charge in [0.2, 0.25) is 0 Å². The Labute approximate surface area is 180 Å². The molecule has 0 bridgehead atoms. The molecule has 0 spiro atoms. The molecule has 6 nitrogen and oxygen atoms in total. The van der Waals surface area contributed by atoms with Crippen LogP contribution in [0.5, 0.6) is 0 Å². The van der Waals surface area contributed by atoms with Gasteiger partial charge in [0.15, 0.2) is 4.96 Å². The number of nitrogens with one attached hydrogen (secondary N) is 1. The number of nitrogens with zero attached hydrogens (tertiary/aromatic N) is 3. The standard InChI is InChI=1S/C23H26N4O2S/c1-23(2,3)25-21(28)26(14-19-10-7-13-29-19)12-11-18-16-30-22-24-20(15-27(18)22)17-8-5-4-6-9-17/h4-10,13,15-16H,11-12,14H2,1-3H3,(H,25,28). The molecule has 0 aliphatic rings. The quantitative estimate of drug-likeness (QED) is 0.464. The summed E-state index contributed by atoms with van der Waals surface area (Å²) in [5.41, 5.74) is 2.89. The predicted molar refractivity (Wildman–Crippen MR) is 120 cm³/mol. The van der Waals surface area contributed by atoms with E-state index in [0.29, 0.717) is 13.1 Å². The maximum absolute atomic E-state index is 12.9. The Morgan fingerprint density at radius 1 is 1.20 bits per heavy atom. The number of thiazole rings is 1. The first kappa shape index (κ1) is 20.2. The monoisotopic (exact) mass is 422 g/mol. The summed E-state index contributed by atoms with van der Waals surface area (Å²) in [7, 11) is 0. The minimum absolute atomic E-state index is 0.0963. The molecule has 4 aromatic rings. The molecule has 0 aliphatic heterocycles. The van der Waals surface area contributed by atoms with E-state index >= 15 is 0 Å². The van der Waals surface area contributed by atoms with E-state index in [2.05, 4.69) is 33.4 Å². The minimum Gasteiger partial charge on any atom is -0.467 e. The fraction of sp³-hybridized carbons (Fsp3) is 0.304. The number of urea groups is 1. The summed E-state index contributed by atoms with van der Waals surface area (Å²) in [6, 6.07) is 13.8. The SMILES string of the molecule is CC(C)(C)NC(=O)N(CCc1csc2nc(-c3ccccc3)cn12)Cc1ccco1. The molecule has 3 aromatic heterocycles. The van der Waals surface area contributed by atoms with Gasteiger partial charge in [-0.05, 0) is 32.9 Å². The molecule has 1 N–H and O–H groups in total. The first-order valence-corrected chi connectivity index (χ1v) is 10.9. The molecule has 0 unspecified atom stereocenters. The van der Waals surface area contributed by atoms with Crippen molar-refractivity contribution in [3.8, 4) is 11.3 Å². The summed E-state index contributed by atoms with van der Waals surface area (Å²) in [5.74, 6) is 0.767. The van der Waals surface area contributed by atoms with Crippen molar-refractivity contribution >= 4 is 22.3 Å². The Kier molecular flexibility index (Phi) is 5.63. The second-order valence-corrected chi connectivity index (χ2v) is 9.14. The molecule has 1 aromatic carbocycles. The molecule has 0 aliphatic carbocycles. The van der Waals surface area contributed by atoms with Crippen LogP contribution < -0.4 is 5.32 Å². The van der Waals surface area contributed by atoms with E-state index in [1.165, 1.54) is 0 Å². The van der Waals surface area contributed by atoms with Gasteiger partial charge in [0.1, 0.15) is 5.76 Å². The van der Waals surface area contributed by atoms with Gasteiger partial charge in [0, 0.05) is 41.3 Å². The molecule has 3 heterocycles. The third-order valence-corrected chi connectivity index (χ3v) is 5.58. The number of amides is 2. The molecule has 156 valence electrons. The summed E-state index contributed by atoms with van der Waals surface area (Å²) in [6.45, 7) is 6.95. The van der Waals surface area contributed by atoms with Crippen LogP contribution in [0, 0.1) is 0 Å². The number of rotatable bonds is 6. The largest absolute Gasteiger partial charge is 0.467 e. The second-order valence-electron chi connectivity index (χ2n) is 8.30. The zero-order valence-corrected chi connectivity index (χ0v) is 18.3. The molecule has 30 heavy (non-hydrogen) atoms. The summed E-state index contributed by atoms with van der Waals surface area (Å²) >= 11 is 1.62. The van der Waals surface area contributed by atoms with Crippen LogP contribution in [0.3, 0.4) is 0 Å². The first-order valence-electron chi connectivity index (χ1n) is 9.99. The number of furan rings is 1. The van der Waals surface area contributed by atoms with E-state index in [1.54, 1.807) is 22.5 Å². The molecular formula is C23H26N4O2S. The van der Waals surface area contributed by atoms with Gasteiger partial charge in [-0.1, -0.05) is 30.3 Å². The Morgan fingerprint density at radius 3 is 2.70 bits per heavy atom. The Hall–Kier alpha value is -3.06. The minimum atomic E-state index is -0.303. The van der Waals surface area contributed by atoms with Crippen LogP contribution in [0.4, 0.5) is 4.79 Å². The summed E-state index contributed by atoms with van der Waals surface area (Å²) in [5, 5.41) is 5.17. The van der Waals surface area contributed by atoms with Crippen LogP contribution in [0.2, 0.25) is 0 Å². The molecule has 0 atom stereocenters. The van der Waals surface area contributed by atoms with Gasteiger partial charge >= 0.3 is 6.03 Å². The fourth-order valence-electron chi connectivity index (χ4n) is 3.25. The van der Waals surface area contributed by atoms with Crippen LogP contribution in [0.15, 0.2) is 64.7 Å². The normalized spacial score (nSPS) is 11.7. The van der Waals surface area contributed by atoms with Gasteiger partial charge < -0.3 is 14.6 Å². The number of aromatic nitrogens is 2. The Bertz CT molecular complexity index is 1110. The van der Waals surface area contributed by atoms with Crippen molar-refractivity contribution in [1.29, 1.82) is 0 Å². The fourth-order valence-corrected chi connectivity index (χ4v) is 4.16. The molecular weight excluding hydrogens is 396 g/mol. The Balaban J connectivity index is 1.52. The third kappa shape index (κ3) is 4.74. The predicted octanol–water partition coefficient (Wildman–Crippen LogP) is 5.21. The number of fused-ring (bicyclic) bond motifs is 1. The molecule has 4 rings (SSSR count). The zero-order valence-electron chi connectivity index (χ0n) is 17.5. The second kappa shape index (κ2) is 8.36. The average molecular weight is 423 g/mol. The van der Waals surface area contributed by atoms with E-state index in [9.17, 15) is 4.79 Å². The number of imidazole rings is 1. The van der Waals surface area contributed by atoms with E-state index < -0.39 is 0 Å². The highest BCUT2D eigenvalue weighted by atomic mass is 32.1. The first-order chi connectivity index (χ1) is 14.4. The van der Waals surface area contributed by atoms with Gasteiger partial charge in [-0.3, -0.25) is 4.40 Å². The van der Waals surface area contributed by atoms with Crippen molar-refractivity contribution in [3.05, 3.63) is 71.8 Å². The lowest BCUT2D eigenvalue weighted by atomic mass is 10.1. The lowest BCUT2D eigenvalue weighted by molar-refractivity contribution is 0.182. The lowest BCUT2D eigenvalue weighted by Gasteiger charge is -2.28. The van der Waals surface area contributed by atoms with Crippen molar-refractivity contribution < 1.29 is 9.21 Å². The number of benzene rings is 1. The maximum atomic E-state index is 12.9. The van der Waals surface area contributed by atoms with Gasteiger partial charge in [0.05, 0.1) is 18.5 Å². The van der Waals surface area contributed by atoms with Crippen LogP contribution in [0.1, 0.15) is 32.2 Å². The van der Waals surface area contributed by atoms with Crippen LogP contribution >= 0.6 is 11.3 Å². The van der Waals surface area contributed by atoms with Crippen molar-refractivity contribution in [3.63, 3.8) is 0 Å². The summed E-state index contributed by atoms with van der Waals surface area (Å²) in [6.07, 6.45) is 4.43. The van der Waals surface area contributed by atoms with Crippen molar-refractivity contribution in [2.24, 2.45) is 0 Å². The molecule has 0 radical (unpaired) electrons. The Morgan fingerprint density at radius 2 is 2.00 bits per heavy atom. The zero-order chi connectivity index (χ0) is 21.1. The van der Waals surface area contributed by atoms with Gasteiger partial charge in [-0.25, -0.2) is 9.78 Å². The number of hydrogen-bond acceptors (Lipinski definition) is 4. The molecule has 0 saturated heterocycles. The van der Waals surface area contributed by atoms with Crippen molar-refractivity contribution in [2.75, 3.05) is 6.54 Å². The van der Waals surface area contributed by atoms with Gasteiger partial charge in [-0.2, -0.15) is 0 Å². The summed E-state index contributed by atoms with van der Waals surface area (Å²) in [4.78, 5) is 20.4. The number of hydrogen-bond donors (Lipinski definition) is 1. The molecule has 7 heteroatoms. The van der Waals surface area contributed by atoms with E-state index in [1.807, 2.05) is 51.1 Å². The van der Waals surface area contributed by atoms with E-state index in [-0.39, 0.29) is 11.6 Å². The van der Waals surface area contributed by atoms with Crippen LogP contribution in [-0.4, -0.2) is 32.4 Å². The average Bonchev–Trinajstić information content (AvgIpc) is 3.42. The molecule has 2 amide bonds. The summed E-state index contributed by atoms with van der Waals surface area (Å²) < 4.78 is 7.59. The van der Waals surface area contributed by atoms with E-state index in [0.717, 1.165) is 34.1 Å².